The fraction of sp³-hybridized carbons (Fsp3) is 0.310. The molecule has 4 rings (SSSR count). The predicted octanol–water partition coefficient (Wildman–Crippen LogP) is 3.47. The summed E-state index contributed by atoms with van der Waals surface area (Å²) in [4.78, 5) is 28.5. The van der Waals surface area contributed by atoms with E-state index < -0.39 is 12.1 Å². The molecule has 0 aromatic heterocycles. The van der Waals surface area contributed by atoms with Crippen molar-refractivity contribution in [3.8, 4) is 11.5 Å². The molecule has 7 heteroatoms. The van der Waals surface area contributed by atoms with Crippen molar-refractivity contribution in [2.75, 3.05) is 20.8 Å². The van der Waals surface area contributed by atoms with Gasteiger partial charge < -0.3 is 25.4 Å². The van der Waals surface area contributed by atoms with Gasteiger partial charge >= 0.3 is 0 Å². The average Bonchev–Trinajstić information content (AvgIpc) is 3.42. The molecule has 0 aliphatic carbocycles. The minimum atomic E-state index is -0.818. The first-order valence-electron chi connectivity index (χ1n) is 12.2. The lowest BCUT2D eigenvalue weighted by Crippen LogP contribution is -2.52. The normalized spacial score (nSPS) is 16.0. The topological polar surface area (TPSA) is 93.9 Å². The number of hydrogen-bond donors (Lipinski definition) is 2. The number of carbonyl (C=O) groups excluding carboxylic acids is 2. The molecule has 3 aromatic rings. The van der Waals surface area contributed by atoms with Crippen molar-refractivity contribution in [2.45, 2.75) is 37.4 Å². The van der Waals surface area contributed by atoms with Crippen LogP contribution in [0.3, 0.4) is 0 Å². The van der Waals surface area contributed by atoms with Gasteiger partial charge in [0.2, 0.25) is 11.8 Å². The molecule has 1 aliphatic heterocycles. The number of carbonyl (C=O) groups is 2. The van der Waals surface area contributed by atoms with Crippen LogP contribution in [0.5, 0.6) is 11.5 Å². The van der Waals surface area contributed by atoms with Crippen molar-refractivity contribution in [1.82, 2.24) is 10.2 Å². The number of likely N-dealkylation sites (tertiary alicyclic amines) is 1. The molecular weight excluding hydrogens is 454 g/mol. The Morgan fingerprint density at radius 3 is 2.17 bits per heavy atom. The molecule has 0 unspecified atom stereocenters. The summed E-state index contributed by atoms with van der Waals surface area (Å²) in [6, 6.07) is 23.8. The van der Waals surface area contributed by atoms with Gasteiger partial charge in [-0.3, -0.25) is 9.59 Å². The maximum absolute atomic E-state index is 13.7. The molecule has 1 aliphatic rings. The summed E-state index contributed by atoms with van der Waals surface area (Å²) in [6.45, 7) is 0.768. The second-order valence-corrected chi connectivity index (χ2v) is 8.88. The molecule has 1 saturated heterocycles. The van der Waals surface area contributed by atoms with Crippen LogP contribution in [-0.4, -0.2) is 49.6 Å². The molecule has 1 fully saturated rings. The van der Waals surface area contributed by atoms with Crippen molar-refractivity contribution in [3.05, 3.63) is 95.6 Å². The first-order chi connectivity index (χ1) is 17.5. The third-order valence-electron chi connectivity index (χ3n) is 6.74. The maximum Gasteiger partial charge on any atom is 0.243 e. The summed E-state index contributed by atoms with van der Waals surface area (Å²) < 4.78 is 10.8. The number of rotatable bonds is 9. The summed E-state index contributed by atoms with van der Waals surface area (Å²) >= 11 is 0. The zero-order valence-electron chi connectivity index (χ0n) is 20.7. The van der Waals surface area contributed by atoms with Crippen molar-refractivity contribution in [3.63, 3.8) is 0 Å². The van der Waals surface area contributed by atoms with E-state index in [0.717, 1.165) is 23.1 Å². The van der Waals surface area contributed by atoms with Gasteiger partial charge in [-0.25, -0.2) is 0 Å². The summed E-state index contributed by atoms with van der Waals surface area (Å²) in [5.74, 6) is 0.444. The van der Waals surface area contributed by atoms with Crippen molar-refractivity contribution >= 4 is 11.8 Å². The van der Waals surface area contributed by atoms with Crippen LogP contribution in [0.4, 0.5) is 0 Å². The molecule has 3 N–H and O–H groups in total. The third-order valence-corrected chi connectivity index (χ3v) is 6.74. The molecule has 0 radical (unpaired) electrons. The van der Waals surface area contributed by atoms with Crippen LogP contribution < -0.4 is 20.5 Å². The monoisotopic (exact) mass is 487 g/mol. The van der Waals surface area contributed by atoms with Gasteiger partial charge in [0.25, 0.3) is 0 Å². The first-order valence-corrected chi connectivity index (χ1v) is 12.2. The molecule has 7 nitrogen and oxygen atoms in total. The van der Waals surface area contributed by atoms with E-state index in [0.29, 0.717) is 24.5 Å². The molecule has 0 bridgehead atoms. The summed E-state index contributed by atoms with van der Waals surface area (Å²) in [7, 11) is 3.14. The van der Waals surface area contributed by atoms with Gasteiger partial charge in [-0.15, -0.1) is 0 Å². The maximum atomic E-state index is 13.7. The number of nitrogens with zero attached hydrogens (tertiary/aromatic N) is 1. The van der Waals surface area contributed by atoms with Crippen molar-refractivity contribution in [2.24, 2.45) is 5.73 Å². The van der Waals surface area contributed by atoms with Crippen molar-refractivity contribution < 1.29 is 19.1 Å². The van der Waals surface area contributed by atoms with E-state index in [1.165, 1.54) is 0 Å². The van der Waals surface area contributed by atoms with E-state index in [1.807, 2.05) is 72.8 Å². The number of nitrogens with one attached hydrogen (secondary N) is 1. The summed E-state index contributed by atoms with van der Waals surface area (Å²) in [6.07, 6.45) is 1.35. The minimum absolute atomic E-state index is 0.200. The van der Waals surface area contributed by atoms with Crippen LogP contribution in [-0.2, 0) is 16.1 Å². The smallest absolute Gasteiger partial charge is 0.243 e. The number of hydrogen-bond acceptors (Lipinski definition) is 5. The van der Waals surface area contributed by atoms with Crippen LogP contribution in [0.2, 0.25) is 0 Å². The van der Waals surface area contributed by atoms with Gasteiger partial charge in [-0.1, -0.05) is 72.8 Å². The van der Waals surface area contributed by atoms with E-state index in [2.05, 4.69) is 5.32 Å². The largest absolute Gasteiger partial charge is 0.493 e. The fourth-order valence-corrected chi connectivity index (χ4v) is 4.96. The Morgan fingerprint density at radius 2 is 1.58 bits per heavy atom. The molecule has 2 amide bonds. The number of para-hydroxylation sites is 1. The molecule has 36 heavy (non-hydrogen) atoms. The number of methoxy groups -OCH3 is 2. The standard InChI is InChI=1S/C29H33N3O4/c1-35-24-17-9-15-22(27(24)36-2)19-31-28(33)23-16-10-18-32(23)29(34)26(30)25(20-11-5-3-6-12-20)21-13-7-4-8-14-21/h3-9,11-15,17,23,25-26H,10,16,18-19,30H2,1-2H3,(H,31,33)/t23-,26+/m0/s1. The first kappa shape index (κ1) is 25.3. The minimum Gasteiger partial charge on any atom is -0.493 e. The van der Waals surface area contributed by atoms with E-state index in [9.17, 15) is 9.59 Å². The van der Waals surface area contributed by atoms with Crippen LogP contribution in [0.15, 0.2) is 78.9 Å². The molecule has 3 aromatic carbocycles. The molecular formula is C29H33N3O4. The van der Waals surface area contributed by atoms with E-state index >= 15 is 0 Å². The quantitative estimate of drug-likeness (QED) is 0.482. The van der Waals surface area contributed by atoms with Crippen LogP contribution in [0.25, 0.3) is 0 Å². The average molecular weight is 488 g/mol. The number of nitrogens with two attached hydrogens (primary N) is 1. The summed E-state index contributed by atoms with van der Waals surface area (Å²) in [5, 5.41) is 2.97. The highest BCUT2D eigenvalue weighted by Crippen LogP contribution is 2.32. The van der Waals surface area contributed by atoms with Gasteiger partial charge in [-0.05, 0) is 30.0 Å². The molecule has 188 valence electrons. The fourth-order valence-electron chi connectivity index (χ4n) is 4.96. The number of benzene rings is 3. The van der Waals surface area contributed by atoms with E-state index in [4.69, 9.17) is 15.2 Å². The third kappa shape index (κ3) is 5.36. The van der Waals surface area contributed by atoms with Gasteiger partial charge in [0.05, 0.1) is 20.3 Å². The SMILES string of the molecule is COc1cccc(CNC(=O)[C@@H]2CCCN2C(=O)[C@H](N)C(c2ccccc2)c2ccccc2)c1OC. The van der Waals surface area contributed by atoms with Gasteiger partial charge in [0.1, 0.15) is 6.04 Å². The Balaban J connectivity index is 1.50. The lowest BCUT2D eigenvalue weighted by Gasteiger charge is -2.31. The summed E-state index contributed by atoms with van der Waals surface area (Å²) in [5.41, 5.74) is 9.38. The Morgan fingerprint density at radius 1 is 0.944 bits per heavy atom. The van der Waals surface area contributed by atoms with E-state index in [1.54, 1.807) is 25.2 Å². The Hall–Kier alpha value is -3.84. The van der Waals surface area contributed by atoms with Crippen LogP contribution >= 0.6 is 0 Å². The van der Waals surface area contributed by atoms with Crippen molar-refractivity contribution in [1.29, 1.82) is 0 Å². The Kier molecular flexibility index (Phi) is 8.23. The Bertz CT molecular complexity index is 1130. The van der Waals surface area contributed by atoms with Gasteiger partial charge in [0.15, 0.2) is 11.5 Å². The molecule has 0 spiro atoms. The van der Waals surface area contributed by atoms with Crippen LogP contribution in [0.1, 0.15) is 35.4 Å². The zero-order chi connectivity index (χ0) is 25.5. The molecule has 2 atom stereocenters. The Labute approximate surface area is 212 Å². The second kappa shape index (κ2) is 11.7. The highest BCUT2D eigenvalue weighted by Gasteiger charge is 2.39. The lowest BCUT2D eigenvalue weighted by molar-refractivity contribution is -0.139. The zero-order valence-corrected chi connectivity index (χ0v) is 20.7. The van der Waals surface area contributed by atoms with Gasteiger partial charge in [-0.2, -0.15) is 0 Å². The van der Waals surface area contributed by atoms with Crippen LogP contribution in [0, 0.1) is 0 Å². The highest BCUT2D eigenvalue weighted by molar-refractivity contribution is 5.91. The number of ether oxygens (including phenoxy) is 2. The predicted molar refractivity (Wildman–Crippen MR) is 139 cm³/mol. The number of amides is 2. The van der Waals surface area contributed by atoms with Gasteiger partial charge in [0, 0.05) is 24.6 Å². The van der Waals surface area contributed by atoms with E-state index in [-0.39, 0.29) is 24.3 Å². The molecule has 0 saturated carbocycles. The highest BCUT2D eigenvalue weighted by atomic mass is 16.5. The lowest BCUT2D eigenvalue weighted by atomic mass is 9.84. The second-order valence-electron chi connectivity index (χ2n) is 8.88. The molecule has 1 heterocycles.